The highest BCUT2D eigenvalue weighted by Crippen LogP contribution is 2.38. The molecule has 0 unspecified atom stereocenters. The summed E-state index contributed by atoms with van der Waals surface area (Å²) in [5.74, 6) is 0.117. The van der Waals surface area contributed by atoms with Crippen LogP contribution in [0.5, 0.6) is 11.5 Å². The Morgan fingerprint density at radius 1 is 0.963 bits per heavy atom. The monoisotopic (exact) mass is 368 g/mol. The predicted molar refractivity (Wildman–Crippen MR) is 110 cm³/mol. The first-order valence-corrected chi connectivity index (χ1v) is 9.76. The van der Waals surface area contributed by atoms with Crippen molar-refractivity contribution in [3.63, 3.8) is 0 Å². The summed E-state index contributed by atoms with van der Waals surface area (Å²) in [6, 6.07) is 8.07. The van der Waals surface area contributed by atoms with Crippen LogP contribution in [0.15, 0.2) is 39.5 Å². The molecule has 0 amide bonds. The summed E-state index contributed by atoms with van der Waals surface area (Å²) in [5, 5.41) is 21.8. The van der Waals surface area contributed by atoms with Crippen LogP contribution in [0.3, 0.4) is 0 Å². The predicted octanol–water partition coefficient (Wildman–Crippen LogP) is 6.00. The van der Waals surface area contributed by atoms with Gasteiger partial charge in [-0.25, -0.2) is 4.79 Å². The average molecular weight is 368 g/mol. The molecule has 0 saturated carbocycles. The van der Waals surface area contributed by atoms with Gasteiger partial charge < -0.3 is 14.6 Å². The Morgan fingerprint density at radius 3 is 2.44 bits per heavy atom. The van der Waals surface area contributed by atoms with Gasteiger partial charge in [-0.2, -0.15) is 0 Å². The maximum absolute atomic E-state index is 12.3. The normalized spacial score (nSPS) is 12.1. The maximum Gasteiger partial charge on any atom is 0.344 e. The SMILES string of the molecule is CCCCCCCC(C)(C)c1cc(O)c2c(c1)oc(=O)c1ccc(O)cc12. The molecule has 0 bridgehead atoms. The fourth-order valence-electron chi connectivity index (χ4n) is 3.73. The number of phenolic OH excluding ortho intramolecular Hbond substituents is 2. The number of unbranched alkanes of at least 4 members (excludes halogenated alkanes) is 4. The van der Waals surface area contributed by atoms with Crippen molar-refractivity contribution in [1.82, 2.24) is 0 Å². The van der Waals surface area contributed by atoms with Gasteiger partial charge in [-0.05, 0) is 47.7 Å². The van der Waals surface area contributed by atoms with Crippen molar-refractivity contribution in [3.8, 4) is 11.5 Å². The van der Waals surface area contributed by atoms with Gasteiger partial charge in [0, 0.05) is 5.39 Å². The van der Waals surface area contributed by atoms with Crippen LogP contribution in [-0.2, 0) is 5.41 Å². The minimum absolute atomic E-state index is 0.0466. The summed E-state index contributed by atoms with van der Waals surface area (Å²) in [6.45, 7) is 6.51. The Kier molecular flexibility index (Phi) is 5.45. The number of rotatable bonds is 7. The van der Waals surface area contributed by atoms with E-state index in [9.17, 15) is 15.0 Å². The van der Waals surface area contributed by atoms with Crippen molar-refractivity contribution in [2.24, 2.45) is 0 Å². The highest BCUT2D eigenvalue weighted by Gasteiger charge is 2.23. The number of benzene rings is 2. The second-order valence-corrected chi connectivity index (χ2v) is 8.04. The van der Waals surface area contributed by atoms with Crippen LogP contribution in [0.1, 0.15) is 64.9 Å². The summed E-state index contributed by atoms with van der Waals surface area (Å²) in [7, 11) is 0. The smallest absolute Gasteiger partial charge is 0.344 e. The fraction of sp³-hybridized carbons (Fsp3) is 0.435. The van der Waals surface area contributed by atoms with Crippen molar-refractivity contribution >= 4 is 21.7 Å². The fourth-order valence-corrected chi connectivity index (χ4v) is 3.73. The van der Waals surface area contributed by atoms with Gasteiger partial charge in [-0.3, -0.25) is 0 Å². The van der Waals surface area contributed by atoms with Crippen molar-refractivity contribution < 1.29 is 14.6 Å². The molecule has 0 aliphatic carbocycles. The van der Waals surface area contributed by atoms with Gasteiger partial charge in [0.15, 0.2) is 0 Å². The maximum atomic E-state index is 12.3. The van der Waals surface area contributed by atoms with Crippen LogP contribution >= 0.6 is 0 Å². The van der Waals surface area contributed by atoms with Gasteiger partial charge in [-0.1, -0.05) is 52.9 Å². The molecule has 0 aliphatic heterocycles. The van der Waals surface area contributed by atoms with Crippen molar-refractivity contribution in [2.75, 3.05) is 0 Å². The van der Waals surface area contributed by atoms with Crippen LogP contribution < -0.4 is 5.63 Å². The molecule has 27 heavy (non-hydrogen) atoms. The lowest BCUT2D eigenvalue weighted by molar-refractivity contribution is 0.436. The molecule has 0 spiro atoms. The Balaban J connectivity index is 2.01. The molecule has 4 heteroatoms. The lowest BCUT2D eigenvalue weighted by Crippen LogP contribution is -2.17. The lowest BCUT2D eigenvalue weighted by Gasteiger charge is -2.26. The van der Waals surface area contributed by atoms with Gasteiger partial charge in [0.05, 0.1) is 10.8 Å². The standard InChI is InChI=1S/C23H28O4/c1-4-5-6-7-8-11-23(2,3)15-12-19(25)21-18-14-16(24)9-10-17(18)22(26)27-20(21)13-15/h9-10,12-14,24-25H,4-8,11H2,1-3H3. The van der Waals surface area contributed by atoms with Crippen molar-refractivity contribution in [2.45, 2.75) is 64.7 Å². The zero-order chi connectivity index (χ0) is 19.6. The third-order valence-electron chi connectivity index (χ3n) is 5.46. The molecule has 144 valence electrons. The van der Waals surface area contributed by atoms with Crippen LogP contribution in [-0.4, -0.2) is 10.2 Å². The van der Waals surface area contributed by atoms with Crippen molar-refractivity contribution in [1.29, 1.82) is 0 Å². The Labute approximate surface area is 159 Å². The number of fused-ring (bicyclic) bond motifs is 3. The van der Waals surface area contributed by atoms with Gasteiger partial charge in [0.1, 0.15) is 17.1 Å². The molecule has 1 aromatic heterocycles. The van der Waals surface area contributed by atoms with Gasteiger partial charge in [-0.15, -0.1) is 0 Å². The molecule has 0 saturated heterocycles. The zero-order valence-corrected chi connectivity index (χ0v) is 16.3. The summed E-state index contributed by atoms with van der Waals surface area (Å²) in [6.07, 6.45) is 7.07. The van der Waals surface area contributed by atoms with E-state index in [1.165, 1.54) is 43.9 Å². The van der Waals surface area contributed by atoms with E-state index in [2.05, 4.69) is 20.8 Å². The van der Waals surface area contributed by atoms with Crippen LogP contribution in [0.2, 0.25) is 0 Å². The number of hydrogen-bond acceptors (Lipinski definition) is 4. The topological polar surface area (TPSA) is 70.7 Å². The molecule has 0 aliphatic rings. The third-order valence-corrected chi connectivity index (χ3v) is 5.46. The van der Waals surface area contributed by atoms with Crippen LogP contribution in [0, 0.1) is 0 Å². The van der Waals surface area contributed by atoms with E-state index in [1.54, 1.807) is 6.07 Å². The molecule has 1 heterocycles. The van der Waals surface area contributed by atoms with E-state index in [1.807, 2.05) is 6.07 Å². The van der Waals surface area contributed by atoms with E-state index in [-0.39, 0.29) is 16.9 Å². The number of aromatic hydroxyl groups is 2. The molecule has 0 fully saturated rings. The number of hydrogen-bond donors (Lipinski definition) is 2. The van der Waals surface area contributed by atoms with E-state index >= 15 is 0 Å². The van der Waals surface area contributed by atoms with E-state index in [0.717, 1.165) is 18.4 Å². The molecule has 2 N–H and O–H groups in total. The van der Waals surface area contributed by atoms with Gasteiger partial charge >= 0.3 is 5.63 Å². The molecule has 0 atom stereocenters. The molecule has 4 nitrogen and oxygen atoms in total. The quantitative estimate of drug-likeness (QED) is 0.305. The zero-order valence-electron chi connectivity index (χ0n) is 16.3. The Bertz CT molecular complexity index is 1010. The largest absolute Gasteiger partial charge is 0.508 e. The minimum Gasteiger partial charge on any atom is -0.508 e. The first-order valence-electron chi connectivity index (χ1n) is 9.76. The second-order valence-electron chi connectivity index (χ2n) is 8.04. The summed E-state index contributed by atoms with van der Waals surface area (Å²) >= 11 is 0. The van der Waals surface area contributed by atoms with Crippen molar-refractivity contribution in [3.05, 3.63) is 46.3 Å². The molecular weight excluding hydrogens is 340 g/mol. The van der Waals surface area contributed by atoms with Gasteiger partial charge in [0.2, 0.25) is 0 Å². The summed E-state index contributed by atoms with van der Waals surface area (Å²) < 4.78 is 5.49. The van der Waals surface area contributed by atoms with E-state index < -0.39 is 5.63 Å². The molecule has 0 radical (unpaired) electrons. The first kappa shape index (κ1) is 19.3. The van der Waals surface area contributed by atoms with E-state index in [0.29, 0.717) is 21.7 Å². The number of phenols is 2. The Morgan fingerprint density at radius 2 is 1.70 bits per heavy atom. The Hall–Kier alpha value is -2.49. The highest BCUT2D eigenvalue weighted by molar-refractivity contribution is 6.08. The molecule has 2 aromatic carbocycles. The minimum atomic E-state index is -0.466. The third kappa shape index (κ3) is 3.95. The molecular formula is C23H28O4. The lowest BCUT2D eigenvalue weighted by atomic mass is 9.79. The molecule has 3 aromatic rings. The summed E-state index contributed by atoms with van der Waals surface area (Å²) in [4.78, 5) is 12.3. The summed E-state index contributed by atoms with van der Waals surface area (Å²) in [5.41, 5.74) is 0.703. The van der Waals surface area contributed by atoms with Crippen LogP contribution in [0.25, 0.3) is 21.7 Å². The van der Waals surface area contributed by atoms with E-state index in [4.69, 9.17) is 4.42 Å². The second kappa shape index (κ2) is 7.63. The highest BCUT2D eigenvalue weighted by atomic mass is 16.4. The van der Waals surface area contributed by atoms with Crippen LogP contribution in [0.4, 0.5) is 0 Å². The molecule has 3 rings (SSSR count). The van der Waals surface area contributed by atoms with Gasteiger partial charge in [0.25, 0.3) is 0 Å². The first-order chi connectivity index (χ1) is 12.8. The average Bonchev–Trinajstić information content (AvgIpc) is 2.60.